The molecular formula is C27H21N3O2S3. The average Bonchev–Trinajstić information content (AvgIpc) is 3.22. The predicted octanol–water partition coefficient (Wildman–Crippen LogP) is 6.20. The minimum absolute atomic E-state index is 0.0178. The van der Waals surface area contributed by atoms with E-state index >= 15 is 0 Å². The highest BCUT2D eigenvalue weighted by Gasteiger charge is 2.19. The second-order valence-corrected chi connectivity index (χ2v) is 10.4. The van der Waals surface area contributed by atoms with Crippen LogP contribution < -0.4 is 5.56 Å². The smallest absolute Gasteiger partial charge is 0.278 e. The molecule has 0 amide bonds. The number of hydrogen-bond acceptors (Lipinski definition) is 6. The van der Waals surface area contributed by atoms with Gasteiger partial charge < -0.3 is 4.57 Å². The molecule has 3 aromatic carbocycles. The lowest BCUT2D eigenvalue weighted by Gasteiger charge is -2.13. The molecule has 0 spiro atoms. The fourth-order valence-corrected chi connectivity index (χ4v) is 6.01. The highest BCUT2D eigenvalue weighted by molar-refractivity contribution is 7.99. The molecule has 0 atom stereocenters. The molecule has 2 heterocycles. The van der Waals surface area contributed by atoms with Gasteiger partial charge in [0.05, 0.1) is 11.4 Å². The largest absolute Gasteiger partial charge is 0.307 e. The maximum absolute atomic E-state index is 13.7. The molecule has 5 aromatic rings. The molecule has 0 aliphatic carbocycles. The molecule has 2 aromatic heterocycles. The Morgan fingerprint density at radius 1 is 0.914 bits per heavy atom. The zero-order valence-corrected chi connectivity index (χ0v) is 21.1. The van der Waals surface area contributed by atoms with Crippen molar-refractivity contribution in [3.8, 4) is 5.69 Å². The van der Waals surface area contributed by atoms with Crippen molar-refractivity contribution in [1.82, 2.24) is 14.1 Å². The van der Waals surface area contributed by atoms with Crippen LogP contribution in [0.1, 0.15) is 15.9 Å². The fraction of sp³-hybridized carbons (Fsp3) is 0.111. The van der Waals surface area contributed by atoms with Crippen molar-refractivity contribution in [2.45, 2.75) is 18.1 Å². The number of nitrogens with zero attached hydrogens (tertiary/aromatic N) is 3. The molecule has 5 rings (SSSR count). The van der Waals surface area contributed by atoms with Crippen molar-refractivity contribution < 1.29 is 4.79 Å². The Morgan fingerprint density at radius 3 is 2.23 bits per heavy atom. The summed E-state index contributed by atoms with van der Waals surface area (Å²) in [6, 6.07) is 28.7. The van der Waals surface area contributed by atoms with Gasteiger partial charge in [-0.15, -0.1) is 0 Å². The van der Waals surface area contributed by atoms with Gasteiger partial charge in [0.1, 0.15) is 4.70 Å². The van der Waals surface area contributed by atoms with Crippen LogP contribution in [-0.4, -0.2) is 25.7 Å². The predicted molar refractivity (Wildman–Crippen MR) is 146 cm³/mol. The van der Waals surface area contributed by atoms with Crippen molar-refractivity contribution in [3.05, 3.63) is 116 Å². The van der Waals surface area contributed by atoms with Gasteiger partial charge in [-0.25, -0.2) is 4.98 Å². The Labute approximate surface area is 215 Å². The summed E-state index contributed by atoms with van der Waals surface area (Å²) in [4.78, 5) is 31.4. The molecule has 0 aliphatic rings. The molecule has 0 unspecified atom stereocenters. The average molecular weight is 516 g/mol. The Bertz CT molecular complexity index is 1590. The van der Waals surface area contributed by atoms with E-state index in [1.807, 2.05) is 71.3 Å². The van der Waals surface area contributed by atoms with Crippen LogP contribution in [0.25, 0.3) is 16.0 Å². The van der Waals surface area contributed by atoms with Gasteiger partial charge in [-0.3, -0.25) is 14.2 Å². The summed E-state index contributed by atoms with van der Waals surface area (Å²) in [6.07, 6.45) is 0.777. The second kappa shape index (κ2) is 10.5. The molecule has 0 saturated carbocycles. The molecule has 0 N–H and O–H groups in total. The van der Waals surface area contributed by atoms with E-state index in [0.717, 1.165) is 6.42 Å². The topological polar surface area (TPSA) is 56.9 Å². The van der Waals surface area contributed by atoms with Crippen LogP contribution in [-0.2, 0) is 13.0 Å². The molecule has 0 aliphatic heterocycles. The Kier molecular flexibility index (Phi) is 7.03. The number of para-hydroxylation sites is 1. The number of rotatable bonds is 8. The number of aromatic nitrogens is 3. The van der Waals surface area contributed by atoms with E-state index in [1.165, 1.54) is 28.7 Å². The Hall–Kier alpha value is -3.33. The monoisotopic (exact) mass is 515 g/mol. The standard InChI is InChI=1S/C27H21N3O2S3/c31-22(20-12-6-2-7-13-20)18-34-26-28-24-23(25(32)30(26)21-14-8-3-9-15-21)35-27(33)29(24)17-16-19-10-4-1-5-11-19/h1-15H,16-18H2. The van der Waals surface area contributed by atoms with Crippen molar-refractivity contribution >= 4 is 51.4 Å². The van der Waals surface area contributed by atoms with Gasteiger partial charge >= 0.3 is 0 Å². The number of fused-ring (bicyclic) bond motifs is 1. The number of benzene rings is 3. The number of thiazole rings is 1. The molecule has 35 heavy (non-hydrogen) atoms. The maximum Gasteiger partial charge on any atom is 0.278 e. The third-order valence-electron chi connectivity index (χ3n) is 5.57. The fourth-order valence-electron chi connectivity index (χ4n) is 3.80. The van der Waals surface area contributed by atoms with Crippen molar-refractivity contribution in [1.29, 1.82) is 0 Å². The van der Waals surface area contributed by atoms with E-state index in [0.29, 0.717) is 37.3 Å². The minimum atomic E-state index is -0.176. The van der Waals surface area contributed by atoms with Crippen LogP contribution in [0.5, 0.6) is 0 Å². The van der Waals surface area contributed by atoms with Gasteiger partial charge in [0.15, 0.2) is 20.5 Å². The molecule has 0 radical (unpaired) electrons. The van der Waals surface area contributed by atoms with Gasteiger partial charge in [-0.05, 0) is 36.3 Å². The first-order valence-electron chi connectivity index (χ1n) is 11.1. The Balaban J connectivity index is 1.56. The summed E-state index contributed by atoms with van der Waals surface area (Å²) in [5, 5.41) is 0.472. The zero-order chi connectivity index (χ0) is 24.2. The molecule has 0 fully saturated rings. The zero-order valence-electron chi connectivity index (χ0n) is 18.7. The van der Waals surface area contributed by atoms with Crippen LogP contribution in [0.2, 0.25) is 0 Å². The van der Waals surface area contributed by atoms with Gasteiger partial charge in [-0.1, -0.05) is 102 Å². The summed E-state index contributed by atoms with van der Waals surface area (Å²) in [5.41, 5.74) is 2.93. The third-order valence-corrected chi connectivity index (χ3v) is 7.93. The van der Waals surface area contributed by atoms with E-state index in [4.69, 9.17) is 17.2 Å². The summed E-state index contributed by atoms with van der Waals surface area (Å²) in [6.45, 7) is 0.623. The molecular weight excluding hydrogens is 495 g/mol. The number of hydrogen-bond donors (Lipinski definition) is 0. The third kappa shape index (κ3) is 5.05. The quantitative estimate of drug-likeness (QED) is 0.107. The van der Waals surface area contributed by atoms with Crippen LogP contribution in [0.15, 0.2) is 101 Å². The SMILES string of the molecule is O=C(CSc1nc2c(sc(=S)n2CCc2ccccc2)c(=O)n1-c1ccccc1)c1ccccc1. The molecule has 5 nitrogen and oxygen atoms in total. The highest BCUT2D eigenvalue weighted by Crippen LogP contribution is 2.26. The first-order valence-corrected chi connectivity index (χ1v) is 13.3. The van der Waals surface area contributed by atoms with Crippen molar-refractivity contribution in [2.75, 3.05) is 5.75 Å². The molecule has 8 heteroatoms. The lowest BCUT2D eigenvalue weighted by molar-refractivity contribution is 0.102. The van der Waals surface area contributed by atoms with Gasteiger partial charge in [0, 0.05) is 12.1 Å². The number of aryl methyl sites for hydroxylation is 2. The molecule has 0 saturated heterocycles. The van der Waals surface area contributed by atoms with Crippen molar-refractivity contribution in [2.24, 2.45) is 0 Å². The van der Waals surface area contributed by atoms with E-state index < -0.39 is 0 Å². The normalized spacial score (nSPS) is 11.1. The van der Waals surface area contributed by atoms with Crippen LogP contribution in [0.3, 0.4) is 0 Å². The van der Waals surface area contributed by atoms with Gasteiger partial charge in [0.25, 0.3) is 5.56 Å². The van der Waals surface area contributed by atoms with Crippen LogP contribution >= 0.6 is 35.3 Å². The lowest BCUT2D eigenvalue weighted by atomic mass is 10.1. The number of carbonyl (C=O) groups excluding carboxylic acids is 1. The molecule has 174 valence electrons. The number of carbonyl (C=O) groups is 1. The number of ketones is 1. The summed E-state index contributed by atoms with van der Waals surface area (Å²) in [7, 11) is 0. The van der Waals surface area contributed by atoms with Gasteiger partial charge in [0.2, 0.25) is 0 Å². The van der Waals surface area contributed by atoms with E-state index in [1.54, 1.807) is 16.7 Å². The Morgan fingerprint density at radius 2 is 1.54 bits per heavy atom. The first-order chi connectivity index (χ1) is 17.1. The highest BCUT2D eigenvalue weighted by atomic mass is 32.2. The lowest BCUT2D eigenvalue weighted by Crippen LogP contribution is -2.22. The van der Waals surface area contributed by atoms with E-state index in [-0.39, 0.29) is 17.1 Å². The summed E-state index contributed by atoms with van der Waals surface area (Å²) >= 11 is 8.18. The minimum Gasteiger partial charge on any atom is -0.307 e. The van der Waals surface area contributed by atoms with Crippen LogP contribution in [0, 0.1) is 3.95 Å². The second-order valence-electron chi connectivity index (χ2n) is 7.86. The van der Waals surface area contributed by atoms with E-state index in [9.17, 15) is 9.59 Å². The van der Waals surface area contributed by atoms with Crippen LogP contribution in [0.4, 0.5) is 0 Å². The summed E-state index contributed by atoms with van der Waals surface area (Å²) < 4.78 is 4.65. The number of thioether (sulfide) groups is 1. The number of Topliss-reactive ketones (excluding diaryl/α,β-unsaturated/α-hetero) is 1. The van der Waals surface area contributed by atoms with Crippen molar-refractivity contribution in [3.63, 3.8) is 0 Å². The summed E-state index contributed by atoms with van der Waals surface area (Å²) in [5.74, 6) is 0.153. The molecule has 0 bridgehead atoms. The maximum atomic E-state index is 13.7. The van der Waals surface area contributed by atoms with E-state index in [2.05, 4.69) is 12.1 Å². The van der Waals surface area contributed by atoms with Gasteiger partial charge in [-0.2, -0.15) is 0 Å². The first kappa shape index (κ1) is 23.4.